The normalized spacial score (nSPS) is 12.9. The predicted molar refractivity (Wildman–Crippen MR) is 259 cm³/mol. The van der Waals surface area contributed by atoms with Crippen LogP contribution in [0.5, 0.6) is 0 Å². The van der Waals surface area contributed by atoms with E-state index < -0.39 is 12.1 Å². The lowest BCUT2D eigenvalue weighted by Crippen LogP contribution is -2.45. The topological polar surface area (TPSA) is 95.9 Å². The largest absolute Gasteiger partial charge is 0.466 e. The van der Waals surface area contributed by atoms with Gasteiger partial charge in [0.1, 0.15) is 0 Å². The third kappa shape index (κ3) is 45.6. The minimum atomic E-state index is -0.698. The highest BCUT2D eigenvalue weighted by Gasteiger charge is 2.19. The zero-order valence-corrected chi connectivity index (χ0v) is 39.9. The fourth-order valence-corrected chi connectivity index (χ4v) is 7.86. The first-order valence-electron chi connectivity index (χ1n) is 26.2. The van der Waals surface area contributed by atoms with Gasteiger partial charge in [-0.15, -0.1) is 0 Å². The van der Waals surface area contributed by atoms with Crippen molar-refractivity contribution in [2.75, 3.05) is 13.2 Å². The molecule has 0 bridgehead atoms. The fraction of sp³-hybridized carbons (Fsp3) is 0.852. The van der Waals surface area contributed by atoms with Gasteiger partial charge in [0.15, 0.2) is 0 Å². The summed E-state index contributed by atoms with van der Waals surface area (Å²) in [6.07, 6.45) is 59.8. The van der Waals surface area contributed by atoms with Crippen molar-refractivity contribution in [3.05, 3.63) is 36.5 Å². The lowest BCUT2D eigenvalue weighted by atomic mass is 10.0. The third-order valence-electron chi connectivity index (χ3n) is 11.9. The molecule has 0 aliphatic rings. The molecule has 2 unspecified atom stereocenters. The number of aliphatic hydroxyl groups is 2. The Labute approximate surface area is 373 Å². The Balaban J connectivity index is 3.54. The van der Waals surface area contributed by atoms with E-state index in [1.165, 1.54) is 180 Å². The highest BCUT2D eigenvalue weighted by Crippen LogP contribution is 2.16. The van der Waals surface area contributed by atoms with Crippen LogP contribution in [0.15, 0.2) is 36.5 Å². The molecular formula is C54H101NO5. The summed E-state index contributed by atoms with van der Waals surface area (Å²) in [5.74, 6) is -0.137. The van der Waals surface area contributed by atoms with Gasteiger partial charge in [0, 0.05) is 12.8 Å². The van der Waals surface area contributed by atoms with E-state index >= 15 is 0 Å². The van der Waals surface area contributed by atoms with E-state index in [1.807, 2.05) is 6.08 Å². The molecule has 3 N–H and O–H groups in total. The van der Waals surface area contributed by atoms with Crippen molar-refractivity contribution in [2.24, 2.45) is 0 Å². The van der Waals surface area contributed by atoms with E-state index in [1.54, 1.807) is 0 Å². The van der Waals surface area contributed by atoms with Crippen molar-refractivity contribution in [1.29, 1.82) is 0 Å². The SMILES string of the molecule is CCCCCCCC/C=C\CCCCCCCCCC(=O)OCCCCCCCC/C=C\C/C=C\CCC(=O)NC(CO)C(O)CCCCCCCCCCCCCCC. The van der Waals surface area contributed by atoms with Crippen LogP contribution in [0.3, 0.4) is 0 Å². The number of aliphatic hydroxyl groups excluding tert-OH is 2. The molecule has 0 saturated heterocycles. The van der Waals surface area contributed by atoms with E-state index in [9.17, 15) is 19.8 Å². The molecule has 0 rings (SSSR count). The molecule has 0 aromatic rings. The number of carbonyl (C=O) groups excluding carboxylic acids is 2. The molecule has 0 spiro atoms. The van der Waals surface area contributed by atoms with Crippen molar-refractivity contribution in [3.8, 4) is 0 Å². The zero-order valence-electron chi connectivity index (χ0n) is 39.9. The van der Waals surface area contributed by atoms with Crippen LogP contribution in [0.1, 0.15) is 271 Å². The maximum Gasteiger partial charge on any atom is 0.305 e. The standard InChI is InChI=1S/C54H101NO5/c1-3-5-7-9-11-13-15-17-18-19-20-24-28-32-36-40-44-48-54(59)60-49-45-41-37-33-29-25-21-23-27-31-35-39-43-47-53(58)55-51(50-56)52(57)46-42-38-34-30-26-22-16-14-12-10-8-6-4-2/h17-18,23,27,35,39,51-52,56-57H,3-16,19-22,24-26,28-34,36-38,40-50H2,1-2H3,(H,55,58)/b18-17-,27-23-,39-35-. The van der Waals surface area contributed by atoms with Crippen molar-refractivity contribution >= 4 is 11.9 Å². The van der Waals surface area contributed by atoms with E-state index in [0.717, 1.165) is 51.4 Å². The van der Waals surface area contributed by atoms with E-state index in [0.29, 0.717) is 32.3 Å². The number of nitrogens with one attached hydrogen (secondary N) is 1. The quantitative estimate of drug-likeness (QED) is 0.0322. The Hall–Kier alpha value is -1.92. The lowest BCUT2D eigenvalue weighted by Gasteiger charge is -2.22. The summed E-state index contributed by atoms with van der Waals surface area (Å²) < 4.78 is 5.46. The summed E-state index contributed by atoms with van der Waals surface area (Å²) in [6, 6.07) is -0.585. The molecule has 0 aromatic heterocycles. The van der Waals surface area contributed by atoms with E-state index in [4.69, 9.17) is 4.74 Å². The number of unbranched alkanes of at least 4 members (excludes halogenated alkanes) is 31. The fourth-order valence-electron chi connectivity index (χ4n) is 7.86. The molecule has 0 radical (unpaired) electrons. The first-order chi connectivity index (χ1) is 29.5. The minimum Gasteiger partial charge on any atom is -0.466 e. The Morgan fingerprint density at radius 1 is 0.467 bits per heavy atom. The van der Waals surface area contributed by atoms with Gasteiger partial charge in [-0.05, 0) is 70.6 Å². The van der Waals surface area contributed by atoms with Crippen LogP contribution in [-0.2, 0) is 14.3 Å². The molecule has 1 amide bonds. The summed E-state index contributed by atoms with van der Waals surface area (Å²) in [5, 5.41) is 23.1. The molecule has 0 aliphatic carbocycles. The van der Waals surface area contributed by atoms with Gasteiger partial charge in [0.25, 0.3) is 0 Å². The smallest absolute Gasteiger partial charge is 0.305 e. The van der Waals surface area contributed by atoms with Gasteiger partial charge in [0.05, 0.1) is 25.4 Å². The lowest BCUT2D eigenvalue weighted by molar-refractivity contribution is -0.143. The molecule has 0 aliphatic heterocycles. The van der Waals surface area contributed by atoms with Gasteiger partial charge < -0.3 is 20.3 Å². The van der Waals surface area contributed by atoms with Gasteiger partial charge in [0.2, 0.25) is 5.91 Å². The Morgan fingerprint density at radius 2 is 0.850 bits per heavy atom. The number of carbonyl (C=O) groups is 2. The number of amides is 1. The summed E-state index contributed by atoms with van der Waals surface area (Å²) in [5.41, 5.74) is 0. The molecular weight excluding hydrogens is 743 g/mol. The third-order valence-corrected chi connectivity index (χ3v) is 11.9. The van der Waals surface area contributed by atoms with Crippen molar-refractivity contribution in [1.82, 2.24) is 5.32 Å². The molecule has 6 nitrogen and oxygen atoms in total. The highest BCUT2D eigenvalue weighted by molar-refractivity contribution is 5.76. The molecule has 0 aromatic carbocycles. The first-order valence-corrected chi connectivity index (χ1v) is 26.2. The van der Waals surface area contributed by atoms with Gasteiger partial charge in [-0.25, -0.2) is 0 Å². The van der Waals surface area contributed by atoms with Gasteiger partial charge in [-0.3, -0.25) is 9.59 Å². The number of esters is 1. The molecule has 6 heteroatoms. The number of ether oxygens (including phenoxy) is 1. The Kier molecular flexibility index (Phi) is 48.1. The maximum absolute atomic E-state index is 12.4. The Morgan fingerprint density at radius 3 is 1.32 bits per heavy atom. The minimum absolute atomic E-state index is 0.0208. The molecule has 60 heavy (non-hydrogen) atoms. The second-order valence-corrected chi connectivity index (χ2v) is 17.8. The van der Waals surface area contributed by atoms with Crippen LogP contribution in [0.4, 0.5) is 0 Å². The molecule has 2 atom stereocenters. The number of hydrogen-bond acceptors (Lipinski definition) is 5. The summed E-state index contributed by atoms with van der Waals surface area (Å²) in [7, 11) is 0. The molecule has 0 heterocycles. The van der Waals surface area contributed by atoms with Crippen LogP contribution in [0.25, 0.3) is 0 Å². The van der Waals surface area contributed by atoms with Crippen LogP contribution >= 0.6 is 0 Å². The number of allylic oxidation sites excluding steroid dienone is 6. The van der Waals surface area contributed by atoms with E-state index in [2.05, 4.69) is 49.5 Å². The highest BCUT2D eigenvalue weighted by atomic mass is 16.5. The second-order valence-electron chi connectivity index (χ2n) is 17.8. The summed E-state index contributed by atoms with van der Waals surface area (Å²) in [6.45, 7) is 4.88. The first kappa shape index (κ1) is 58.1. The Bertz CT molecular complexity index is 977. The zero-order chi connectivity index (χ0) is 43.7. The van der Waals surface area contributed by atoms with Crippen molar-refractivity contribution in [3.63, 3.8) is 0 Å². The van der Waals surface area contributed by atoms with Gasteiger partial charge >= 0.3 is 5.97 Å². The van der Waals surface area contributed by atoms with Crippen molar-refractivity contribution < 1.29 is 24.5 Å². The molecule has 0 saturated carbocycles. The van der Waals surface area contributed by atoms with E-state index in [-0.39, 0.29) is 18.5 Å². The average Bonchev–Trinajstić information content (AvgIpc) is 3.25. The van der Waals surface area contributed by atoms with Gasteiger partial charge in [-0.1, -0.05) is 224 Å². The van der Waals surface area contributed by atoms with Crippen LogP contribution in [-0.4, -0.2) is 47.4 Å². The van der Waals surface area contributed by atoms with Crippen molar-refractivity contribution in [2.45, 2.75) is 283 Å². The van der Waals surface area contributed by atoms with Gasteiger partial charge in [-0.2, -0.15) is 0 Å². The maximum atomic E-state index is 12.4. The monoisotopic (exact) mass is 844 g/mol. The summed E-state index contributed by atoms with van der Waals surface area (Å²) in [4.78, 5) is 24.4. The predicted octanol–water partition coefficient (Wildman–Crippen LogP) is 15.7. The molecule has 352 valence electrons. The number of rotatable bonds is 48. The molecule has 0 fully saturated rings. The van der Waals surface area contributed by atoms with Crippen LogP contribution < -0.4 is 5.32 Å². The van der Waals surface area contributed by atoms with Crippen LogP contribution in [0.2, 0.25) is 0 Å². The second kappa shape index (κ2) is 49.7. The number of hydrogen-bond donors (Lipinski definition) is 3. The van der Waals surface area contributed by atoms with Crippen LogP contribution in [0, 0.1) is 0 Å². The summed E-state index contributed by atoms with van der Waals surface area (Å²) >= 11 is 0. The average molecular weight is 844 g/mol.